The van der Waals surface area contributed by atoms with Crippen LogP contribution in [0.2, 0.25) is 0 Å². The molecule has 7 aromatic rings. The van der Waals surface area contributed by atoms with Crippen LogP contribution in [-0.2, 0) is 18.3 Å². The maximum absolute atomic E-state index is 5.58. The van der Waals surface area contributed by atoms with Crippen LogP contribution < -0.4 is 19.9 Å². The highest BCUT2D eigenvalue weighted by Crippen LogP contribution is 2.53. The number of ether oxygens (including phenoxy) is 1. The molecule has 1 N–H and O–H groups in total. The molecule has 5 nitrogen and oxygen atoms in total. The van der Waals surface area contributed by atoms with E-state index in [2.05, 4.69) is 157 Å². The van der Waals surface area contributed by atoms with Gasteiger partial charge in [0.1, 0.15) is 5.75 Å². The first kappa shape index (κ1) is 32.1. The molecule has 1 aliphatic heterocycles. The molecule has 1 aromatic heterocycles. The van der Waals surface area contributed by atoms with Crippen LogP contribution >= 0.6 is 0 Å². The Bertz CT molecular complexity index is 2510. The summed E-state index contributed by atoms with van der Waals surface area (Å²) >= 11 is 0. The molecule has 9 rings (SSSR count). The van der Waals surface area contributed by atoms with Crippen molar-refractivity contribution in [2.75, 3.05) is 23.5 Å². The van der Waals surface area contributed by atoms with Crippen molar-refractivity contribution in [3.8, 4) is 5.75 Å². The van der Waals surface area contributed by atoms with Gasteiger partial charge in [0.15, 0.2) is 0 Å². The number of pyridine rings is 1. The summed E-state index contributed by atoms with van der Waals surface area (Å²) in [6.45, 7) is 10.1. The Morgan fingerprint density at radius 1 is 0.750 bits per heavy atom. The average molecular weight is 681 g/mol. The van der Waals surface area contributed by atoms with Crippen LogP contribution in [-0.4, -0.2) is 18.6 Å². The Morgan fingerprint density at radius 2 is 1.44 bits per heavy atom. The maximum atomic E-state index is 5.58. The van der Waals surface area contributed by atoms with Crippen molar-refractivity contribution in [2.45, 2.75) is 52.4 Å². The van der Waals surface area contributed by atoms with Gasteiger partial charge in [0.25, 0.3) is 0 Å². The number of rotatable bonds is 8. The molecule has 0 atom stereocenters. The lowest BCUT2D eigenvalue weighted by Crippen LogP contribution is -2.25. The first-order valence-corrected chi connectivity index (χ1v) is 18.5. The quantitative estimate of drug-likeness (QED) is 0.162. The molecule has 258 valence electrons. The van der Waals surface area contributed by atoms with E-state index >= 15 is 0 Å². The van der Waals surface area contributed by atoms with Crippen molar-refractivity contribution in [1.29, 1.82) is 0 Å². The minimum Gasteiger partial charge on any atom is -0.497 e. The molecule has 52 heavy (non-hydrogen) atoms. The number of hydrogen-bond acceptors (Lipinski definition) is 5. The second kappa shape index (κ2) is 12.4. The number of benzene rings is 6. The second-order valence-electron chi connectivity index (χ2n) is 14.9. The molecule has 0 spiro atoms. The van der Waals surface area contributed by atoms with Crippen molar-refractivity contribution >= 4 is 60.8 Å². The third-order valence-electron chi connectivity index (χ3n) is 11.3. The van der Waals surface area contributed by atoms with Crippen LogP contribution in [0, 0.1) is 6.92 Å². The molecule has 1 aliphatic carbocycles. The molecular formula is C47H44N4O. The van der Waals surface area contributed by atoms with Gasteiger partial charge in [0.05, 0.1) is 18.5 Å². The number of aryl methyl sites for hydroxylation is 3. The van der Waals surface area contributed by atoms with Gasteiger partial charge in [-0.2, -0.15) is 0 Å². The Morgan fingerprint density at radius 3 is 2.15 bits per heavy atom. The van der Waals surface area contributed by atoms with Crippen molar-refractivity contribution in [2.24, 2.45) is 0 Å². The third-order valence-corrected chi connectivity index (χ3v) is 11.3. The number of hydrogen-bond donors (Lipinski definition) is 1. The molecule has 0 radical (unpaired) electrons. The standard InChI is InChI=1S/C47H44N4O/c1-6-31-27-43(51(36-20-25-49-26-21-36)33-9-7-30(2)8-10-33)40-29-41-44-32(17-22-47(41,3)4)28-42(39-16-15-38(31)45(40)46(39)44)50(35-18-23-48-24-19-35)34-11-13-37(52-5)14-12-34/h7-16,18-21,23,25-29,48H,6,17,22,24H2,1-5H3. The summed E-state index contributed by atoms with van der Waals surface area (Å²) in [7, 11) is 1.73. The number of allylic oxidation sites excluding steroid dienone is 1. The summed E-state index contributed by atoms with van der Waals surface area (Å²) in [6.07, 6.45) is 13.4. The predicted molar refractivity (Wildman–Crippen MR) is 218 cm³/mol. The summed E-state index contributed by atoms with van der Waals surface area (Å²) in [5, 5.41) is 11.4. The van der Waals surface area contributed by atoms with Crippen LogP contribution in [0.4, 0.5) is 28.4 Å². The van der Waals surface area contributed by atoms with Crippen LogP contribution in [0.3, 0.4) is 0 Å². The molecular weight excluding hydrogens is 637 g/mol. The number of aromatic nitrogens is 1. The SMILES string of the molecule is CCc1cc(N(c2ccncc2)c2ccc(C)cc2)c2cc3c4c(cc(N(C5=CCNC=C5)c5ccc(OC)cc5)c5ccc1c2c54)CCC3(C)C. The van der Waals surface area contributed by atoms with Gasteiger partial charge < -0.3 is 19.9 Å². The van der Waals surface area contributed by atoms with E-state index in [-0.39, 0.29) is 5.41 Å². The van der Waals surface area contributed by atoms with E-state index in [1.54, 1.807) is 7.11 Å². The van der Waals surface area contributed by atoms with E-state index in [9.17, 15) is 0 Å². The van der Waals surface area contributed by atoms with Gasteiger partial charge in [-0.25, -0.2) is 0 Å². The Hall–Kier alpha value is -5.81. The van der Waals surface area contributed by atoms with Crippen LogP contribution in [0.15, 0.2) is 127 Å². The first-order valence-electron chi connectivity index (χ1n) is 18.5. The van der Waals surface area contributed by atoms with Crippen molar-refractivity contribution in [3.05, 3.63) is 150 Å². The van der Waals surface area contributed by atoms with E-state index in [1.165, 1.54) is 65.9 Å². The normalized spacial score (nSPS) is 14.8. The zero-order chi connectivity index (χ0) is 35.6. The fourth-order valence-corrected chi connectivity index (χ4v) is 8.58. The first-order chi connectivity index (χ1) is 25.4. The fourth-order valence-electron chi connectivity index (χ4n) is 8.58. The lowest BCUT2D eigenvalue weighted by Gasteiger charge is -2.37. The van der Waals surface area contributed by atoms with Gasteiger partial charge >= 0.3 is 0 Å². The number of nitrogens with zero attached hydrogens (tertiary/aromatic N) is 3. The lowest BCUT2D eigenvalue weighted by molar-refractivity contribution is 0.415. The lowest BCUT2D eigenvalue weighted by atomic mass is 9.70. The highest BCUT2D eigenvalue weighted by molar-refractivity contribution is 6.30. The summed E-state index contributed by atoms with van der Waals surface area (Å²) in [4.78, 5) is 9.28. The Labute approximate surface area is 306 Å². The molecule has 6 aromatic carbocycles. The van der Waals surface area contributed by atoms with Crippen LogP contribution in [0.25, 0.3) is 32.3 Å². The van der Waals surface area contributed by atoms with E-state index < -0.39 is 0 Å². The van der Waals surface area contributed by atoms with E-state index in [1.807, 2.05) is 12.4 Å². The fraction of sp³-hybridized carbons (Fsp3) is 0.213. The minimum atomic E-state index is 0.0172. The van der Waals surface area contributed by atoms with Gasteiger partial charge in [-0.15, -0.1) is 0 Å². The molecule has 0 bridgehead atoms. The highest BCUT2D eigenvalue weighted by Gasteiger charge is 2.33. The van der Waals surface area contributed by atoms with Gasteiger partial charge in [-0.05, 0) is 150 Å². The summed E-state index contributed by atoms with van der Waals surface area (Å²) in [5.74, 6) is 0.850. The molecule has 5 heteroatoms. The minimum absolute atomic E-state index is 0.0172. The highest BCUT2D eigenvalue weighted by atomic mass is 16.5. The van der Waals surface area contributed by atoms with Gasteiger partial charge in [-0.3, -0.25) is 4.98 Å². The number of anilines is 5. The smallest absolute Gasteiger partial charge is 0.119 e. The molecule has 0 amide bonds. The monoisotopic (exact) mass is 680 g/mol. The van der Waals surface area contributed by atoms with Gasteiger partial charge in [0, 0.05) is 57.9 Å². The van der Waals surface area contributed by atoms with Crippen molar-refractivity contribution in [1.82, 2.24) is 10.3 Å². The third kappa shape index (κ3) is 5.10. The number of nitrogens with one attached hydrogen (secondary N) is 1. The van der Waals surface area contributed by atoms with E-state index in [0.717, 1.165) is 54.3 Å². The van der Waals surface area contributed by atoms with Crippen molar-refractivity contribution < 1.29 is 4.74 Å². The Kier molecular flexibility index (Phi) is 7.69. The molecule has 2 heterocycles. The summed E-state index contributed by atoms with van der Waals surface area (Å²) < 4.78 is 5.58. The molecule has 0 unspecified atom stereocenters. The van der Waals surface area contributed by atoms with E-state index in [4.69, 9.17) is 4.74 Å². The van der Waals surface area contributed by atoms with Gasteiger partial charge in [-0.1, -0.05) is 50.6 Å². The number of methoxy groups -OCH3 is 1. The molecule has 0 saturated heterocycles. The predicted octanol–water partition coefficient (Wildman–Crippen LogP) is 11.7. The van der Waals surface area contributed by atoms with Gasteiger partial charge in [0.2, 0.25) is 0 Å². The second-order valence-corrected chi connectivity index (χ2v) is 14.9. The van der Waals surface area contributed by atoms with Crippen LogP contribution in [0.1, 0.15) is 49.4 Å². The zero-order valence-electron chi connectivity index (χ0n) is 30.6. The van der Waals surface area contributed by atoms with Crippen molar-refractivity contribution in [3.63, 3.8) is 0 Å². The van der Waals surface area contributed by atoms with E-state index in [0.29, 0.717) is 0 Å². The topological polar surface area (TPSA) is 40.6 Å². The number of dihydropyridines is 1. The summed E-state index contributed by atoms with van der Waals surface area (Å²) in [6, 6.07) is 33.9. The zero-order valence-corrected chi connectivity index (χ0v) is 30.6. The largest absolute Gasteiger partial charge is 0.497 e. The molecule has 0 saturated carbocycles. The van der Waals surface area contributed by atoms with Crippen LogP contribution in [0.5, 0.6) is 5.75 Å². The Balaban J connectivity index is 1.42. The molecule has 2 aliphatic rings. The maximum Gasteiger partial charge on any atom is 0.119 e. The summed E-state index contributed by atoms with van der Waals surface area (Å²) in [5.41, 5.74) is 12.4. The average Bonchev–Trinajstić information content (AvgIpc) is 3.18. The molecule has 0 fully saturated rings.